The molecule has 3 rings (SSSR count). The van der Waals surface area contributed by atoms with Crippen molar-refractivity contribution in [1.29, 1.82) is 0 Å². The smallest absolute Gasteiger partial charge is 0.194 e. The fourth-order valence-electron chi connectivity index (χ4n) is 3.93. The summed E-state index contributed by atoms with van der Waals surface area (Å²) in [5.41, 5.74) is 1.18. The van der Waals surface area contributed by atoms with E-state index in [1.165, 1.54) is 12.1 Å². The number of guanidine groups is 1. The van der Waals surface area contributed by atoms with E-state index in [4.69, 9.17) is 14.5 Å². The first-order valence-electron chi connectivity index (χ1n) is 11.0. The zero-order valence-corrected chi connectivity index (χ0v) is 20.8. The molecular formula is C22H38IN5O2. The van der Waals surface area contributed by atoms with Crippen LogP contribution >= 0.6 is 24.0 Å². The molecular weight excluding hydrogens is 493 g/mol. The first-order valence-corrected chi connectivity index (χ1v) is 11.0. The molecule has 7 nitrogen and oxygen atoms in total. The molecule has 30 heavy (non-hydrogen) atoms. The Hall–Kier alpha value is -1.26. The Morgan fingerprint density at radius 2 is 1.80 bits per heavy atom. The van der Waals surface area contributed by atoms with Crippen LogP contribution in [-0.4, -0.2) is 95.0 Å². The fourth-order valence-corrected chi connectivity index (χ4v) is 3.93. The molecule has 0 bridgehead atoms. The molecule has 0 aromatic heterocycles. The first-order chi connectivity index (χ1) is 14.3. The van der Waals surface area contributed by atoms with Crippen LogP contribution in [-0.2, 0) is 4.74 Å². The number of methoxy groups -OCH3 is 1. The number of morpholine rings is 1. The van der Waals surface area contributed by atoms with Crippen molar-refractivity contribution in [3.8, 4) is 5.75 Å². The molecule has 1 N–H and O–H groups in total. The summed E-state index contributed by atoms with van der Waals surface area (Å²) in [4.78, 5) is 12.2. The SMILES string of the molecule is CCNC(=NCCCCN1CCOCC1)N1CCN(c2ccccc2OC)CC1.I. The van der Waals surface area contributed by atoms with Crippen LogP contribution in [0.4, 0.5) is 5.69 Å². The van der Waals surface area contributed by atoms with Crippen molar-refractivity contribution in [3.63, 3.8) is 0 Å². The summed E-state index contributed by atoms with van der Waals surface area (Å²) in [6, 6.07) is 8.27. The second-order valence-electron chi connectivity index (χ2n) is 7.54. The lowest BCUT2D eigenvalue weighted by Crippen LogP contribution is -2.52. The molecule has 1 aromatic carbocycles. The Kier molecular flexibility index (Phi) is 11.6. The second kappa shape index (κ2) is 13.9. The van der Waals surface area contributed by atoms with Gasteiger partial charge in [-0.3, -0.25) is 9.89 Å². The van der Waals surface area contributed by atoms with Gasteiger partial charge in [0, 0.05) is 52.4 Å². The van der Waals surface area contributed by atoms with E-state index in [9.17, 15) is 0 Å². The Morgan fingerprint density at radius 1 is 1.07 bits per heavy atom. The van der Waals surface area contributed by atoms with Crippen LogP contribution in [0.2, 0.25) is 0 Å². The fraction of sp³-hybridized carbons (Fsp3) is 0.682. The molecule has 0 atom stereocenters. The van der Waals surface area contributed by atoms with E-state index in [-0.39, 0.29) is 24.0 Å². The van der Waals surface area contributed by atoms with Crippen LogP contribution < -0.4 is 15.0 Å². The standard InChI is InChI=1S/C22H37N5O2.HI/c1-3-23-22(24-10-6-7-11-25-16-18-29-19-17-25)27-14-12-26(13-15-27)20-8-4-5-9-21(20)28-2;/h4-5,8-9H,3,6-7,10-19H2,1-2H3,(H,23,24);1H. The minimum Gasteiger partial charge on any atom is -0.495 e. The van der Waals surface area contributed by atoms with Gasteiger partial charge in [-0.2, -0.15) is 0 Å². The van der Waals surface area contributed by atoms with E-state index in [0.29, 0.717) is 0 Å². The lowest BCUT2D eigenvalue weighted by Gasteiger charge is -2.38. The lowest BCUT2D eigenvalue weighted by atomic mass is 10.2. The number of ether oxygens (including phenoxy) is 2. The highest BCUT2D eigenvalue weighted by Gasteiger charge is 2.21. The highest BCUT2D eigenvalue weighted by molar-refractivity contribution is 14.0. The number of nitrogens with one attached hydrogen (secondary N) is 1. The molecule has 0 aliphatic carbocycles. The van der Waals surface area contributed by atoms with Crippen molar-refractivity contribution in [2.45, 2.75) is 19.8 Å². The molecule has 2 fully saturated rings. The number of hydrogen-bond donors (Lipinski definition) is 1. The second-order valence-corrected chi connectivity index (χ2v) is 7.54. The normalized spacial score (nSPS) is 18.1. The van der Waals surface area contributed by atoms with E-state index in [2.05, 4.69) is 39.1 Å². The molecule has 2 heterocycles. The van der Waals surface area contributed by atoms with Gasteiger partial charge in [-0.15, -0.1) is 24.0 Å². The summed E-state index contributed by atoms with van der Waals surface area (Å²) in [7, 11) is 1.74. The number of unbranched alkanes of at least 4 members (excludes halogenated alkanes) is 1. The van der Waals surface area contributed by atoms with E-state index in [1.54, 1.807) is 7.11 Å². The van der Waals surface area contributed by atoms with Crippen molar-refractivity contribution >= 4 is 35.6 Å². The Balaban J connectivity index is 0.00000320. The minimum absolute atomic E-state index is 0. The van der Waals surface area contributed by atoms with Gasteiger partial charge in [-0.05, 0) is 38.4 Å². The molecule has 0 spiro atoms. The van der Waals surface area contributed by atoms with Crippen LogP contribution in [0.1, 0.15) is 19.8 Å². The third kappa shape index (κ3) is 7.46. The van der Waals surface area contributed by atoms with E-state index >= 15 is 0 Å². The first kappa shape index (κ1) is 25.0. The number of para-hydroxylation sites is 2. The van der Waals surface area contributed by atoms with Gasteiger partial charge in [0.15, 0.2) is 5.96 Å². The average Bonchev–Trinajstić information content (AvgIpc) is 2.79. The molecule has 0 radical (unpaired) electrons. The van der Waals surface area contributed by atoms with Gasteiger partial charge >= 0.3 is 0 Å². The molecule has 8 heteroatoms. The van der Waals surface area contributed by atoms with Crippen LogP contribution in [0.25, 0.3) is 0 Å². The molecule has 0 saturated carbocycles. The van der Waals surface area contributed by atoms with E-state index < -0.39 is 0 Å². The minimum atomic E-state index is 0. The highest BCUT2D eigenvalue weighted by atomic mass is 127. The maximum Gasteiger partial charge on any atom is 0.194 e. The number of rotatable bonds is 8. The summed E-state index contributed by atoms with van der Waals surface area (Å²) in [5, 5.41) is 3.48. The third-order valence-corrected chi connectivity index (χ3v) is 5.59. The van der Waals surface area contributed by atoms with Gasteiger partial charge in [0.2, 0.25) is 0 Å². The van der Waals surface area contributed by atoms with Crippen LogP contribution in [0, 0.1) is 0 Å². The predicted octanol–water partition coefficient (Wildman–Crippen LogP) is 2.51. The Labute approximate surface area is 198 Å². The maximum atomic E-state index is 5.53. The Morgan fingerprint density at radius 3 is 2.50 bits per heavy atom. The summed E-state index contributed by atoms with van der Waals surface area (Å²) in [6.07, 6.45) is 2.33. The Bertz CT molecular complexity index is 632. The number of halogens is 1. The predicted molar refractivity (Wildman–Crippen MR) is 135 cm³/mol. The zero-order valence-electron chi connectivity index (χ0n) is 18.5. The largest absolute Gasteiger partial charge is 0.495 e. The molecule has 2 aliphatic heterocycles. The summed E-state index contributed by atoms with van der Waals surface area (Å²) in [5.74, 6) is 2.00. The van der Waals surface area contributed by atoms with Crippen molar-refractivity contribution in [2.75, 3.05) is 84.1 Å². The van der Waals surface area contributed by atoms with Gasteiger partial charge in [0.05, 0.1) is 26.0 Å². The van der Waals surface area contributed by atoms with Gasteiger partial charge in [-0.1, -0.05) is 12.1 Å². The van der Waals surface area contributed by atoms with Gasteiger partial charge < -0.3 is 24.6 Å². The van der Waals surface area contributed by atoms with Gasteiger partial charge in [-0.25, -0.2) is 0 Å². The highest BCUT2D eigenvalue weighted by Crippen LogP contribution is 2.28. The molecule has 1 aromatic rings. The number of anilines is 1. The molecule has 2 saturated heterocycles. The quantitative estimate of drug-likeness (QED) is 0.241. The third-order valence-electron chi connectivity index (χ3n) is 5.59. The van der Waals surface area contributed by atoms with Crippen molar-refractivity contribution < 1.29 is 9.47 Å². The number of hydrogen-bond acceptors (Lipinski definition) is 5. The maximum absolute atomic E-state index is 5.53. The number of nitrogens with zero attached hydrogens (tertiary/aromatic N) is 4. The summed E-state index contributed by atoms with van der Waals surface area (Å²) < 4.78 is 10.9. The zero-order chi connectivity index (χ0) is 20.3. The number of aliphatic imine (C=N–C) groups is 1. The molecule has 0 unspecified atom stereocenters. The number of benzene rings is 1. The van der Waals surface area contributed by atoms with Crippen molar-refractivity contribution in [2.24, 2.45) is 4.99 Å². The van der Waals surface area contributed by atoms with E-state index in [0.717, 1.165) is 90.2 Å². The summed E-state index contributed by atoms with van der Waals surface area (Å²) >= 11 is 0. The van der Waals surface area contributed by atoms with Gasteiger partial charge in [0.25, 0.3) is 0 Å². The number of piperazine rings is 1. The van der Waals surface area contributed by atoms with Crippen LogP contribution in [0.3, 0.4) is 0 Å². The average molecular weight is 531 g/mol. The topological polar surface area (TPSA) is 52.6 Å². The molecule has 170 valence electrons. The summed E-state index contributed by atoms with van der Waals surface area (Å²) in [6.45, 7) is 12.9. The van der Waals surface area contributed by atoms with Crippen LogP contribution in [0.5, 0.6) is 5.75 Å². The van der Waals surface area contributed by atoms with E-state index in [1.807, 2.05) is 12.1 Å². The van der Waals surface area contributed by atoms with Crippen molar-refractivity contribution in [1.82, 2.24) is 15.1 Å². The monoisotopic (exact) mass is 531 g/mol. The van der Waals surface area contributed by atoms with Crippen LogP contribution in [0.15, 0.2) is 29.3 Å². The van der Waals surface area contributed by atoms with Gasteiger partial charge in [0.1, 0.15) is 5.75 Å². The van der Waals surface area contributed by atoms with Crippen molar-refractivity contribution in [3.05, 3.63) is 24.3 Å². The lowest BCUT2D eigenvalue weighted by molar-refractivity contribution is 0.0373. The molecule has 0 amide bonds. The molecule has 2 aliphatic rings.